The fraction of sp³-hybridized carbons (Fsp3) is 0.211. The van der Waals surface area contributed by atoms with E-state index in [0.29, 0.717) is 6.42 Å². The maximum Gasteiger partial charge on any atom is 0.130 e. The van der Waals surface area contributed by atoms with E-state index in [1.165, 1.54) is 22.1 Å². The summed E-state index contributed by atoms with van der Waals surface area (Å²) in [5.41, 5.74) is 5.93. The van der Waals surface area contributed by atoms with Gasteiger partial charge in [-0.1, -0.05) is 42.0 Å². The fourth-order valence-electron chi connectivity index (χ4n) is 2.77. The molecular formula is C19H19NO. The molecule has 0 spiro atoms. The number of carbonyl (C=O) groups is 1. The van der Waals surface area contributed by atoms with Gasteiger partial charge in [0.15, 0.2) is 0 Å². The summed E-state index contributed by atoms with van der Waals surface area (Å²) in [7, 11) is 0. The normalized spacial score (nSPS) is 11.0. The molecule has 106 valence electrons. The van der Waals surface area contributed by atoms with Crippen molar-refractivity contribution >= 4 is 16.7 Å². The number of aromatic amines is 1. The molecule has 0 amide bonds. The molecule has 3 aromatic rings. The van der Waals surface area contributed by atoms with Gasteiger partial charge in [-0.2, -0.15) is 0 Å². The van der Waals surface area contributed by atoms with Crippen molar-refractivity contribution in [2.24, 2.45) is 0 Å². The van der Waals surface area contributed by atoms with Crippen molar-refractivity contribution < 1.29 is 4.79 Å². The van der Waals surface area contributed by atoms with E-state index in [1.807, 2.05) is 18.2 Å². The molecule has 0 fully saturated rings. The van der Waals surface area contributed by atoms with Crippen LogP contribution < -0.4 is 0 Å². The van der Waals surface area contributed by atoms with Crippen molar-refractivity contribution in [2.45, 2.75) is 26.7 Å². The molecule has 2 nitrogen and oxygen atoms in total. The molecule has 0 radical (unpaired) electrons. The van der Waals surface area contributed by atoms with Crippen molar-refractivity contribution in [3.8, 4) is 11.3 Å². The predicted molar refractivity (Wildman–Crippen MR) is 87.5 cm³/mol. The minimum Gasteiger partial charge on any atom is -0.354 e. The molecule has 0 aliphatic heterocycles. The molecule has 1 aromatic heterocycles. The van der Waals surface area contributed by atoms with Gasteiger partial charge >= 0.3 is 0 Å². The number of benzene rings is 2. The second kappa shape index (κ2) is 5.57. The topological polar surface area (TPSA) is 32.9 Å². The Labute approximate surface area is 124 Å². The average molecular weight is 277 g/mol. The van der Waals surface area contributed by atoms with Crippen LogP contribution >= 0.6 is 0 Å². The zero-order valence-corrected chi connectivity index (χ0v) is 12.4. The first-order chi connectivity index (χ1) is 10.1. The van der Waals surface area contributed by atoms with Gasteiger partial charge in [-0.3, -0.25) is 0 Å². The minimum absolute atomic E-state index is 0.232. The Morgan fingerprint density at radius 1 is 1.10 bits per heavy atom. The van der Waals surface area contributed by atoms with Crippen LogP contribution in [0.15, 0.2) is 48.5 Å². The van der Waals surface area contributed by atoms with E-state index in [2.05, 4.69) is 42.2 Å². The van der Waals surface area contributed by atoms with Crippen LogP contribution in [0.1, 0.15) is 24.5 Å². The summed E-state index contributed by atoms with van der Waals surface area (Å²) >= 11 is 0. The summed E-state index contributed by atoms with van der Waals surface area (Å²) < 4.78 is 0. The summed E-state index contributed by atoms with van der Waals surface area (Å²) in [5, 5.41) is 1.23. The van der Waals surface area contributed by atoms with Crippen LogP contribution in [-0.2, 0) is 11.2 Å². The van der Waals surface area contributed by atoms with Gasteiger partial charge in [0.25, 0.3) is 0 Å². The number of aryl methyl sites for hydroxylation is 2. The molecule has 0 aliphatic carbocycles. The van der Waals surface area contributed by atoms with Crippen molar-refractivity contribution in [3.05, 3.63) is 59.7 Å². The molecule has 21 heavy (non-hydrogen) atoms. The number of hydrogen-bond acceptors (Lipinski definition) is 1. The van der Waals surface area contributed by atoms with Crippen molar-refractivity contribution in [1.82, 2.24) is 4.98 Å². The van der Waals surface area contributed by atoms with E-state index in [1.54, 1.807) is 6.92 Å². The lowest BCUT2D eigenvalue weighted by molar-refractivity contribution is -0.116. The third kappa shape index (κ3) is 2.75. The molecule has 3 rings (SSSR count). The van der Waals surface area contributed by atoms with Gasteiger partial charge < -0.3 is 9.78 Å². The number of H-pyrrole nitrogens is 1. The molecule has 0 saturated heterocycles. The van der Waals surface area contributed by atoms with Crippen molar-refractivity contribution in [2.75, 3.05) is 0 Å². The van der Waals surface area contributed by atoms with Crippen molar-refractivity contribution in [3.63, 3.8) is 0 Å². The first kappa shape index (κ1) is 13.6. The zero-order chi connectivity index (χ0) is 14.8. The lowest BCUT2D eigenvalue weighted by Crippen LogP contribution is -1.95. The molecule has 2 heteroatoms. The summed E-state index contributed by atoms with van der Waals surface area (Å²) in [6.45, 7) is 3.76. The number of Topliss-reactive ketones (excluding diaryl/α,β-unsaturated/α-hetero) is 1. The molecule has 0 bridgehead atoms. The Balaban J connectivity index is 2.18. The Bertz CT molecular complexity index is 784. The lowest BCUT2D eigenvalue weighted by atomic mass is 9.99. The van der Waals surface area contributed by atoms with Crippen LogP contribution in [-0.4, -0.2) is 10.8 Å². The highest BCUT2D eigenvalue weighted by atomic mass is 16.1. The maximum atomic E-state index is 11.4. The molecular weight excluding hydrogens is 258 g/mol. The van der Waals surface area contributed by atoms with E-state index in [-0.39, 0.29) is 5.78 Å². The number of ketones is 1. The van der Waals surface area contributed by atoms with Crippen LogP contribution in [0.25, 0.3) is 22.2 Å². The SMILES string of the molecule is CC(=O)CCc1c(-c2ccccc2)[nH]c2ccc(C)cc12. The van der Waals surface area contributed by atoms with Crippen molar-refractivity contribution in [1.29, 1.82) is 0 Å². The number of nitrogens with one attached hydrogen (secondary N) is 1. The number of aromatic nitrogens is 1. The van der Waals surface area contributed by atoms with Gasteiger partial charge in [-0.05, 0) is 43.5 Å². The Kier molecular flexibility index (Phi) is 3.61. The van der Waals surface area contributed by atoms with Crippen LogP contribution in [0.3, 0.4) is 0 Å². The monoisotopic (exact) mass is 277 g/mol. The number of fused-ring (bicyclic) bond motifs is 1. The summed E-state index contributed by atoms with van der Waals surface area (Å²) in [4.78, 5) is 14.9. The molecule has 0 aliphatic rings. The molecule has 1 N–H and O–H groups in total. The number of hydrogen-bond donors (Lipinski definition) is 1. The minimum atomic E-state index is 0.232. The van der Waals surface area contributed by atoms with Gasteiger partial charge in [0, 0.05) is 23.0 Å². The molecule has 1 heterocycles. The van der Waals surface area contributed by atoms with Crippen LogP contribution in [0, 0.1) is 6.92 Å². The van der Waals surface area contributed by atoms with E-state index in [4.69, 9.17) is 0 Å². The molecule has 2 aromatic carbocycles. The van der Waals surface area contributed by atoms with E-state index >= 15 is 0 Å². The predicted octanol–water partition coefficient (Wildman–Crippen LogP) is 4.66. The molecule has 0 unspecified atom stereocenters. The zero-order valence-electron chi connectivity index (χ0n) is 12.4. The van der Waals surface area contributed by atoms with Gasteiger partial charge in [0.2, 0.25) is 0 Å². The standard InChI is InChI=1S/C19H19NO/c1-13-8-11-18-17(12-13)16(10-9-14(2)21)19(20-18)15-6-4-3-5-7-15/h3-8,11-12,20H,9-10H2,1-2H3. The third-order valence-corrected chi connectivity index (χ3v) is 3.85. The van der Waals surface area contributed by atoms with Gasteiger partial charge in [-0.15, -0.1) is 0 Å². The maximum absolute atomic E-state index is 11.4. The summed E-state index contributed by atoms with van der Waals surface area (Å²) in [6.07, 6.45) is 1.36. The van der Waals surface area contributed by atoms with E-state index in [9.17, 15) is 4.79 Å². The Hall–Kier alpha value is -2.35. The fourth-order valence-corrected chi connectivity index (χ4v) is 2.77. The largest absolute Gasteiger partial charge is 0.354 e. The van der Waals surface area contributed by atoms with Crippen LogP contribution in [0.2, 0.25) is 0 Å². The Morgan fingerprint density at radius 2 is 1.86 bits per heavy atom. The summed E-state index contributed by atoms with van der Waals surface area (Å²) in [6, 6.07) is 16.8. The second-order valence-corrected chi connectivity index (χ2v) is 5.60. The van der Waals surface area contributed by atoms with Gasteiger partial charge in [-0.25, -0.2) is 0 Å². The molecule has 0 atom stereocenters. The number of carbonyl (C=O) groups excluding carboxylic acids is 1. The smallest absolute Gasteiger partial charge is 0.130 e. The summed E-state index contributed by atoms with van der Waals surface area (Å²) in [5.74, 6) is 0.232. The first-order valence-corrected chi connectivity index (χ1v) is 7.31. The van der Waals surface area contributed by atoms with Gasteiger partial charge in [0.05, 0.1) is 0 Å². The van der Waals surface area contributed by atoms with Crippen LogP contribution in [0.4, 0.5) is 0 Å². The average Bonchev–Trinajstić information content (AvgIpc) is 2.84. The lowest BCUT2D eigenvalue weighted by Gasteiger charge is -2.04. The highest BCUT2D eigenvalue weighted by Gasteiger charge is 2.13. The van der Waals surface area contributed by atoms with E-state index < -0.39 is 0 Å². The third-order valence-electron chi connectivity index (χ3n) is 3.85. The Morgan fingerprint density at radius 3 is 2.57 bits per heavy atom. The first-order valence-electron chi connectivity index (χ1n) is 7.31. The quantitative estimate of drug-likeness (QED) is 0.739. The van der Waals surface area contributed by atoms with Crippen LogP contribution in [0.5, 0.6) is 0 Å². The van der Waals surface area contributed by atoms with E-state index in [0.717, 1.165) is 17.6 Å². The van der Waals surface area contributed by atoms with Gasteiger partial charge in [0.1, 0.15) is 5.78 Å². The second-order valence-electron chi connectivity index (χ2n) is 5.60. The number of rotatable bonds is 4. The highest BCUT2D eigenvalue weighted by molar-refractivity contribution is 5.91. The highest BCUT2D eigenvalue weighted by Crippen LogP contribution is 2.31. The molecule has 0 saturated carbocycles.